The van der Waals surface area contributed by atoms with Gasteiger partial charge in [0, 0.05) is 12.1 Å². The van der Waals surface area contributed by atoms with Crippen molar-refractivity contribution in [3.05, 3.63) is 34.1 Å². The molecule has 0 saturated carbocycles. The van der Waals surface area contributed by atoms with Crippen LogP contribution in [0.2, 0.25) is 0 Å². The quantitative estimate of drug-likeness (QED) is 0.646. The Bertz CT molecular complexity index is 527. The molecule has 1 atom stereocenters. The van der Waals surface area contributed by atoms with Gasteiger partial charge in [0.1, 0.15) is 5.82 Å². The second-order valence-electron chi connectivity index (χ2n) is 4.74. The number of nitro benzene ring substituents is 1. The Labute approximate surface area is 109 Å². The van der Waals surface area contributed by atoms with Crippen molar-refractivity contribution in [2.24, 2.45) is 0 Å². The van der Waals surface area contributed by atoms with Gasteiger partial charge in [0.15, 0.2) is 0 Å². The van der Waals surface area contributed by atoms with Crippen molar-refractivity contribution < 1.29 is 14.1 Å². The first-order valence-electron chi connectivity index (χ1n) is 5.93. The molecule has 1 amide bonds. The van der Waals surface area contributed by atoms with E-state index < -0.39 is 16.3 Å². The molecule has 19 heavy (non-hydrogen) atoms. The fourth-order valence-corrected chi connectivity index (χ4v) is 2.07. The van der Waals surface area contributed by atoms with Crippen LogP contribution >= 0.6 is 0 Å². The third-order valence-corrected chi connectivity index (χ3v) is 3.28. The predicted molar refractivity (Wildman–Crippen MR) is 67.3 cm³/mol. The fourth-order valence-electron chi connectivity index (χ4n) is 2.07. The topological polar surface area (TPSA) is 84.3 Å². The molecular formula is C12H14FN3O3. The fraction of sp³-hybridized carbons (Fsp3) is 0.417. The largest absolute Gasteiger partial charge is 0.322 e. The number of nitro groups is 1. The van der Waals surface area contributed by atoms with E-state index in [0.29, 0.717) is 6.42 Å². The average molecular weight is 267 g/mol. The summed E-state index contributed by atoms with van der Waals surface area (Å²) >= 11 is 0. The number of amides is 1. The van der Waals surface area contributed by atoms with Crippen molar-refractivity contribution >= 4 is 17.3 Å². The molecule has 102 valence electrons. The summed E-state index contributed by atoms with van der Waals surface area (Å²) in [6.07, 6.45) is 1.51. The smallest absolute Gasteiger partial charge is 0.271 e. The van der Waals surface area contributed by atoms with Crippen molar-refractivity contribution in [3.63, 3.8) is 0 Å². The Morgan fingerprint density at radius 1 is 1.58 bits per heavy atom. The SMILES string of the molecule is CC1(C(=O)Nc2cc([N+](=O)[O-])ccc2F)CCCN1. The predicted octanol–water partition coefficient (Wildman–Crippen LogP) is 1.81. The highest BCUT2D eigenvalue weighted by Crippen LogP contribution is 2.24. The Kier molecular flexibility index (Phi) is 3.48. The molecular weight excluding hydrogens is 253 g/mol. The molecule has 0 aromatic heterocycles. The highest BCUT2D eigenvalue weighted by molar-refractivity contribution is 5.98. The van der Waals surface area contributed by atoms with Crippen molar-refractivity contribution in [3.8, 4) is 0 Å². The van der Waals surface area contributed by atoms with Crippen molar-refractivity contribution in [1.29, 1.82) is 0 Å². The molecule has 2 N–H and O–H groups in total. The van der Waals surface area contributed by atoms with Crippen molar-refractivity contribution in [1.82, 2.24) is 5.32 Å². The number of nitrogens with zero attached hydrogens (tertiary/aromatic N) is 1. The molecule has 0 radical (unpaired) electrons. The lowest BCUT2D eigenvalue weighted by Gasteiger charge is -2.23. The standard InChI is InChI=1S/C12H14FN3O3/c1-12(5-2-6-14-12)11(17)15-10-7-8(16(18)19)3-4-9(10)13/h3-4,7,14H,2,5-6H2,1H3,(H,15,17). The summed E-state index contributed by atoms with van der Waals surface area (Å²) in [6.45, 7) is 2.45. The lowest BCUT2D eigenvalue weighted by molar-refractivity contribution is -0.384. The Balaban J connectivity index is 2.20. The summed E-state index contributed by atoms with van der Waals surface area (Å²) in [4.78, 5) is 22.1. The number of halogens is 1. The normalized spacial score (nSPS) is 22.2. The van der Waals surface area contributed by atoms with Crippen LogP contribution in [0, 0.1) is 15.9 Å². The molecule has 1 saturated heterocycles. The maximum Gasteiger partial charge on any atom is 0.271 e. The summed E-state index contributed by atoms with van der Waals surface area (Å²) in [5.41, 5.74) is -1.19. The van der Waals surface area contributed by atoms with Gasteiger partial charge in [-0.05, 0) is 32.4 Å². The van der Waals surface area contributed by atoms with Gasteiger partial charge in [-0.2, -0.15) is 0 Å². The molecule has 1 aliphatic rings. The van der Waals surface area contributed by atoms with E-state index in [-0.39, 0.29) is 17.3 Å². The lowest BCUT2D eigenvalue weighted by Crippen LogP contribution is -2.48. The lowest BCUT2D eigenvalue weighted by atomic mass is 9.99. The molecule has 1 aromatic rings. The van der Waals surface area contributed by atoms with Gasteiger partial charge in [0.25, 0.3) is 5.69 Å². The van der Waals surface area contributed by atoms with Crippen LogP contribution in [0.15, 0.2) is 18.2 Å². The van der Waals surface area contributed by atoms with Gasteiger partial charge in [0.05, 0.1) is 16.1 Å². The Morgan fingerprint density at radius 2 is 2.32 bits per heavy atom. The van der Waals surface area contributed by atoms with Crippen LogP contribution in [0.5, 0.6) is 0 Å². The minimum absolute atomic E-state index is 0.172. The van der Waals surface area contributed by atoms with Gasteiger partial charge < -0.3 is 10.6 Å². The van der Waals surface area contributed by atoms with Crippen LogP contribution in [-0.4, -0.2) is 22.9 Å². The number of rotatable bonds is 3. The minimum Gasteiger partial charge on any atom is -0.322 e. The number of hydrogen-bond donors (Lipinski definition) is 2. The van der Waals surface area contributed by atoms with Crippen LogP contribution in [0.25, 0.3) is 0 Å². The molecule has 1 aromatic carbocycles. The molecule has 0 aliphatic carbocycles. The van der Waals surface area contributed by atoms with Gasteiger partial charge in [-0.15, -0.1) is 0 Å². The van der Waals surface area contributed by atoms with E-state index in [1.165, 1.54) is 0 Å². The molecule has 1 aliphatic heterocycles. The van der Waals surface area contributed by atoms with E-state index in [1.807, 2.05) is 0 Å². The molecule has 1 unspecified atom stereocenters. The van der Waals surface area contributed by atoms with Gasteiger partial charge in [0.2, 0.25) is 5.91 Å². The molecule has 7 heteroatoms. The number of hydrogen-bond acceptors (Lipinski definition) is 4. The Hall–Kier alpha value is -2.02. The van der Waals surface area contributed by atoms with Gasteiger partial charge in [-0.25, -0.2) is 4.39 Å². The van der Waals surface area contributed by atoms with Crippen LogP contribution in [0.3, 0.4) is 0 Å². The summed E-state index contributed by atoms with van der Waals surface area (Å²) in [6, 6.07) is 3.05. The number of benzene rings is 1. The molecule has 0 spiro atoms. The van der Waals surface area contributed by atoms with E-state index in [2.05, 4.69) is 10.6 Å². The van der Waals surface area contributed by atoms with E-state index in [9.17, 15) is 19.3 Å². The highest BCUT2D eigenvalue weighted by Gasteiger charge is 2.36. The number of nitrogens with one attached hydrogen (secondary N) is 2. The van der Waals surface area contributed by atoms with Crippen molar-refractivity contribution in [2.45, 2.75) is 25.3 Å². The van der Waals surface area contributed by atoms with Gasteiger partial charge in [-0.3, -0.25) is 14.9 Å². The number of carbonyl (C=O) groups excluding carboxylic acids is 1. The molecule has 2 rings (SSSR count). The van der Waals surface area contributed by atoms with Gasteiger partial charge in [-0.1, -0.05) is 0 Å². The number of carbonyl (C=O) groups is 1. The first-order valence-corrected chi connectivity index (χ1v) is 5.93. The van der Waals surface area contributed by atoms with E-state index in [4.69, 9.17) is 0 Å². The molecule has 1 fully saturated rings. The second-order valence-corrected chi connectivity index (χ2v) is 4.74. The van der Waals surface area contributed by atoms with Crippen LogP contribution in [0.4, 0.5) is 15.8 Å². The third-order valence-electron chi connectivity index (χ3n) is 3.28. The molecule has 1 heterocycles. The van der Waals surface area contributed by atoms with Crippen molar-refractivity contribution in [2.75, 3.05) is 11.9 Å². The zero-order valence-corrected chi connectivity index (χ0v) is 10.4. The Morgan fingerprint density at radius 3 is 2.89 bits per heavy atom. The summed E-state index contributed by atoms with van der Waals surface area (Å²) < 4.78 is 13.5. The maximum atomic E-state index is 13.5. The van der Waals surface area contributed by atoms with E-state index in [1.54, 1.807) is 6.92 Å². The average Bonchev–Trinajstić information content (AvgIpc) is 2.80. The molecule has 6 nitrogen and oxygen atoms in total. The first-order chi connectivity index (χ1) is 8.92. The monoisotopic (exact) mass is 267 g/mol. The summed E-state index contributed by atoms with van der Waals surface area (Å²) in [5.74, 6) is -1.08. The number of non-ortho nitro benzene ring substituents is 1. The van der Waals surface area contributed by atoms with Crippen LogP contribution in [-0.2, 0) is 4.79 Å². The maximum absolute atomic E-state index is 13.5. The van der Waals surface area contributed by atoms with Gasteiger partial charge >= 0.3 is 0 Å². The first kappa shape index (κ1) is 13.4. The highest BCUT2D eigenvalue weighted by atomic mass is 19.1. The molecule has 0 bridgehead atoms. The summed E-state index contributed by atoms with van der Waals surface area (Å²) in [7, 11) is 0. The zero-order valence-electron chi connectivity index (χ0n) is 10.4. The van der Waals surface area contributed by atoms with Crippen LogP contribution in [0.1, 0.15) is 19.8 Å². The van der Waals surface area contributed by atoms with E-state index in [0.717, 1.165) is 31.2 Å². The second kappa shape index (κ2) is 4.93. The zero-order chi connectivity index (χ0) is 14.0. The summed E-state index contributed by atoms with van der Waals surface area (Å²) in [5, 5.41) is 16.1. The minimum atomic E-state index is -0.753. The number of anilines is 1. The van der Waals surface area contributed by atoms with Crippen LogP contribution < -0.4 is 10.6 Å². The third kappa shape index (κ3) is 2.70. The van der Waals surface area contributed by atoms with E-state index >= 15 is 0 Å².